The van der Waals surface area contributed by atoms with E-state index in [2.05, 4.69) is 113 Å². The first-order chi connectivity index (χ1) is 17.6. The number of rotatable bonds is 4. The highest BCUT2D eigenvalue weighted by Gasteiger charge is 2.28. The van der Waals surface area contributed by atoms with Gasteiger partial charge in [-0.1, -0.05) is 113 Å². The average Bonchev–Trinajstić information content (AvgIpc) is 2.72. The molecule has 3 nitrogen and oxygen atoms in total. The lowest BCUT2D eigenvalue weighted by atomic mass is 9.77. The number of hydrogen-bond acceptors (Lipinski definition) is 3. The molecular weight excluding hydrogens is 480 g/mol. The van der Waals surface area contributed by atoms with Crippen LogP contribution in [0.3, 0.4) is 0 Å². The Hall–Kier alpha value is -2.94. The van der Waals surface area contributed by atoms with Gasteiger partial charge >= 0.3 is 0 Å². The first kappa shape index (κ1) is 30.6. The minimum Gasteiger partial charge on any atom is -0.508 e. The van der Waals surface area contributed by atoms with Crippen molar-refractivity contribution in [3.8, 4) is 17.2 Å². The minimum atomic E-state index is -0.196. The molecule has 0 atom stereocenters. The summed E-state index contributed by atoms with van der Waals surface area (Å²) in [6, 6.07) is 14.3. The normalized spacial score (nSPS) is 13.1. The van der Waals surface area contributed by atoms with Crippen LogP contribution in [0, 0.1) is 0 Å². The number of hydrogen-bond donors (Lipinski definition) is 3. The Morgan fingerprint density at radius 3 is 0.846 bits per heavy atom. The molecule has 0 aliphatic rings. The van der Waals surface area contributed by atoms with E-state index in [1.165, 1.54) is 0 Å². The second-order valence-electron chi connectivity index (χ2n) is 15.4. The van der Waals surface area contributed by atoms with Crippen molar-refractivity contribution in [2.75, 3.05) is 0 Å². The average molecular weight is 531 g/mol. The Balaban J connectivity index is 2.07. The van der Waals surface area contributed by atoms with E-state index in [4.69, 9.17) is 0 Å². The molecule has 0 spiro atoms. The van der Waals surface area contributed by atoms with Crippen LogP contribution in [0.25, 0.3) is 0 Å². The second kappa shape index (κ2) is 10.2. The standard InChI is InChI=1S/C36H50O3/c1-33(2,3)27-18-24(19-28(31(27)38)34(4,5)6)14-22-13-23(17-26(37)16-22)15-25-20-29(35(7,8)9)32(39)30(21-25)36(10,11)12/h13,16-21,37-39H,14-15H2,1-12H3. The molecule has 0 radical (unpaired) electrons. The van der Waals surface area contributed by atoms with Gasteiger partial charge in [0.25, 0.3) is 0 Å². The maximum absolute atomic E-state index is 11.1. The molecule has 0 aromatic heterocycles. The highest BCUT2D eigenvalue weighted by molar-refractivity contribution is 5.53. The van der Waals surface area contributed by atoms with Gasteiger partial charge in [0.15, 0.2) is 0 Å². The van der Waals surface area contributed by atoms with Crippen molar-refractivity contribution < 1.29 is 15.3 Å². The zero-order valence-electron chi connectivity index (χ0n) is 26.3. The fraction of sp³-hybridized carbons (Fsp3) is 0.500. The van der Waals surface area contributed by atoms with Crippen LogP contribution in [-0.4, -0.2) is 15.3 Å². The third kappa shape index (κ3) is 7.18. The molecular formula is C36H50O3. The Bertz CT molecular complexity index is 1180. The van der Waals surface area contributed by atoms with Gasteiger partial charge in [-0.3, -0.25) is 0 Å². The van der Waals surface area contributed by atoms with Gasteiger partial charge in [-0.15, -0.1) is 0 Å². The molecule has 0 aliphatic carbocycles. The Morgan fingerprint density at radius 1 is 0.385 bits per heavy atom. The quantitative estimate of drug-likeness (QED) is 0.315. The number of benzene rings is 3. The lowest BCUT2D eigenvalue weighted by Gasteiger charge is -2.28. The third-order valence-electron chi connectivity index (χ3n) is 7.43. The molecule has 0 saturated carbocycles. The number of phenols is 3. The molecule has 0 fully saturated rings. The molecule has 0 unspecified atom stereocenters. The highest BCUT2D eigenvalue weighted by Crippen LogP contribution is 2.42. The summed E-state index contributed by atoms with van der Waals surface area (Å²) >= 11 is 0. The van der Waals surface area contributed by atoms with Gasteiger partial charge in [0, 0.05) is 0 Å². The van der Waals surface area contributed by atoms with Crippen LogP contribution in [-0.2, 0) is 34.5 Å². The van der Waals surface area contributed by atoms with Gasteiger partial charge in [0.05, 0.1) is 0 Å². The van der Waals surface area contributed by atoms with Crippen LogP contribution >= 0.6 is 0 Å². The molecule has 0 bridgehead atoms. The molecule has 0 saturated heterocycles. The summed E-state index contributed by atoms with van der Waals surface area (Å²) in [5.41, 5.74) is 7.29. The number of phenolic OH excluding ortho intramolecular Hbond substituents is 3. The zero-order chi connectivity index (χ0) is 29.7. The van der Waals surface area contributed by atoms with Crippen LogP contribution in [0.1, 0.15) is 128 Å². The van der Waals surface area contributed by atoms with Crippen LogP contribution in [0.4, 0.5) is 0 Å². The SMILES string of the molecule is CC(C)(C)c1cc(Cc2cc(O)cc(Cc3cc(C(C)(C)C)c(O)c(C(C)(C)C)c3)c2)cc(C(C)(C)C)c1O. The third-order valence-corrected chi connectivity index (χ3v) is 7.43. The maximum atomic E-state index is 11.1. The number of aromatic hydroxyl groups is 3. The molecule has 0 heterocycles. The van der Waals surface area contributed by atoms with E-state index in [-0.39, 0.29) is 27.4 Å². The lowest BCUT2D eigenvalue weighted by Crippen LogP contribution is -2.18. The molecule has 3 N–H and O–H groups in total. The van der Waals surface area contributed by atoms with E-state index < -0.39 is 0 Å². The molecule has 0 amide bonds. The fourth-order valence-electron chi connectivity index (χ4n) is 5.30. The van der Waals surface area contributed by atoms with E-state index in [0.717, 1.165) is 44.5 Å². The maximum Gasteiger partial charge on any atom is 0.123 e. The predicted octanol–water partition coefficient (Wildman–Crippen LogP) is 9.18. The van der Waals surface area contributed by atoms with Crippen molar-refractivity contribution in [1.82, 2.24) is 0 Å². The summed E-state index contributed by atoms with van der Waals surface area (Å²) in [7, 11) is 0. The van der Waals surface area contributed by atoms with Crippen LogP contribution in [0.2, 0.25) is 0 Å². The van der Waals surface area contributed by atoms with E-state index >= 15 is 0 Å². The van der Waals surface area contributed by atoms with Gasteiger partial charge in [0.2, 0.25) is 0 Å². The van der Waals surface area contributed by atoms with E-state index in [1.54, 1.807) is 0 Å². The molecule has 39 heavy (non-hydrogen) atoms. The van der Waals surface area contributed by atoms with Crippen molar-refractivity contribution >= 4 is 0 Å². The first-order valence-electron chi connectivity index (χ1n) is 14.1. The molecule has 3 heteroatoms. The van der Waals surface area contributed by atoms with Gasteiger partial charge in [-0.05, 0) is 91.1 Å². The zero-order valence-corrected chi connectivity index (χ0v) is 26.3. The summed E-state index contributed by atoms with van der Waals surface area (Å²) in [6.45, 7) is 25.5. The van der Waals surface area contributed by atoms with Crippen molar-refractivity contribution in [1.29, 1.82) is 0 Å². The van der Waals surface area contributed by atoms with Gasteiger partial charge in [-0.25, -0.2) is 0 Å². The van der Waals surface area contributed by atoms with Crippen molar-refractivity contribution in [3.63, 3.8) is 0 Å². The lowest BCUT2D eigenvalue weighted by molar-refractivity contribution is 0.422. The molecule has 0 aliphatic heterocycles. The second-order valence-corrected chi connectivity index (χ2v) is 15.4. The Morgan fingerprint density at radius 2 is 0.615 bits per heavy atom. The summed E-state index contributed by atoms with van der Waals surface area (Å²) in [4.78, 5) is 0. The van der Waals surface area contributed by atoms with Crippen molar-refractivity contribution in [3.05, 3.63) is 87.0 Å². The Kier molecular flexibility index (Phi) is 8.02. The van der Waals surface area contributed by atoms with E-state index in [1.807, 2.05) is 12.1 Å². The summed E-state index contributed by atoms with van der Waals surface area (Å²) in [6.07, 6.45) is 1.31. The van der Waals surface area contributed by atoms with Crippen molar-refractivity contribution in [2.24, 2.45) is 0 Å². The topological polar surface area (TPSA) is 60.7 Å². The van der Waals surface area contributed by atoms with E-state index in [9.17, 15) is 15.3 Å². The predicted molar refractivity (Wildman–Crippen MR) is 165 cm³/mol. The van der Waals surface area contributed by atoms with Crippen LogP contribution in [0.5, 0.6) is 17.2 Å². The summed E-state index contributed by atoms with van der Waals surface area (Å²) < 4.78 is 0. The fourth-order valence-corrected chi connectivity index (χ4v) is 5.30. The molecule has 3 rings (SSSR count). The molecule has 3 aromatic rings. The molecule has 3 aromatic carbocycles. The van der Waals surface area contributed by atoms with Crippen molar-refractivity contribution in [2.45, 2.75) is 118 Å². The minimum absolute atomic E-state index is 0.196. The van der Waals surface area contributed by atoms with Gasteiger partial charge in [-0.2, -0.15) is 0 Å². The van der Waals surface area contributed by atoms with Gasteiger partial charge in [0.1, 0.15) is 17.2 Å². The monoisotopic (exact) mass is 530 g/mol. The summed E-state index contributed by atoms with van der Waals surface area (Å²) in [5, 5.41) is 32.9. The molecule has 212 valence electrons. The highest BCUT2D eigenvalue weighted by atomic mass is 16.3. The summed E-state index contributed by atoms with van der Waals surface area (Å²) in [5.74, 6) is 1.01. The van der Waals surface area contributed by atoms with Crippen LogP contribution in [0.15, 0.2) is 42.5 Å². The van der Waals surface area contributed by atoms with E-state index in [0.29, 0.717) is 24.3 Å². The first-order valence-corrected chi connectivity index (χ1v) is 14.1. The van der Waals surface area contributed by atoms with Gasteiger partial charge < -0.3 is 15.3 Å². The van der Waals surface area contributed by atoms with Crippen LogP contribution < -0.4 is 0 Å². The largest absolute Gasteiger partial charge is 0.508 e. The smallest absolute Gasteiger partial charge is 0.123 e. The Labute approximate surface area is 236 Å².